The third kappa shape index (κ3) is 16.7. The Hall–Kier alpha value is -1.31. The van der Waals surface area contributed by atoms with Gasteiger partial charge in [0.05, 0.1) is 6.61 Å². The summed E-state index contributed by atoms with van der Waals surface area (Å²) in [6, 6.07) is 0. The molecule has 0 aromatic heterocycles. The maximum absolute atomic E-state index is 11.1. The summed E-state index contributed by atoms with van der Waals surface area (Å²) in [5.41, 5.74) is 0. The van der Waals surface area contributed by atoms with Crippen LogP contribution >= 0.6 is 0 Å². The lowest BCUT2D eigenvalue weighted by molar-refractivity contribution is -0.143. The van der Waals surface area contributed by atoms with Crippen molar-refractivity contribution in [2.75, 3.05) is 6.61 Å². The van der Waals surface area contributed by atoms with Gasteiger partial charge in [0.1, 0.15) is 0 Å². The zero-order chi connectivity index (χ0) is 16.3. The van der Waals surface area contributed by atoms with E-state index in [1.54, 1.807) is 0 Å². The van der Waals surface area contributed by atoms with Gasteiger partial charge in [0, 0.05) is 6.42 Å². The Labute approximate surface area is 137 Å². The molecule has 22 heavy (non-hydrogen) atoms. The highest BCUT2D eigenvalue weighted by molar-refractivity contribution is 5.69. The zero-order valence-electron chi connectivity index (χ0n) is 14.6. The summed E-state index contributed by atoms with van der Waals surface area (Å²) in [6.07, 6.45) is 24.3. The van der Waals surface area contributed by atoms with Crippen LogP contribution in [0.4, 0.5) is 0 Å². The van der Waals surface area contributed by atoms with Gasteiger partial charge >= 0.3 is 5.97 Å². The lowest BCUT2D eigenvalue weighted by Crippen LogP contribution is -2.03. The van der Waals surface area contributed by atoms with Crippen LogP contribution in [-0.2, 0) is 9.53 Å². The molecule has 0 aromatic rings. The summed E-state index contributed by atoms with van der Waals surface area (Å²) in [5.74, 6) is -0.0487. The van der Waals surface area contributed by atoms with E-state index in [0.29, 0.717) is 13.0 Å². The van der Waals surface area contributed by atoms with Crippen molar-refractivity contribution in [3.63, 3.8) is 0 Å². The van der Waals surface area contributed by atoms with E-state index < -0.39 is 0 Å². The van der Waals surface area contributed by atoms with Crippen molar-refractivity contribution in [3.05, 3.63) is 36.5 Å². The van der Waals surface area contributed by atoms with Crippen LogP contribution in [0.2, 0.25) is 0 Å². The molecular formula is C20H34O2. The zero-order valence-corrected chi connectivity index (χ0v) is 14.6. The normalized spacial score (nSPS) is 11.9. The molecule has 0 saturated heterocycles. The molecule has 2 nitrogen and oxygen atoms in total. The Bertz CT molecular complexity index is 327. The van der Waals surface area contributed by atoms with Gasteiger partial charge in [-0.3, -0.25) is 4.79 Å². The Balaban J connectivity index is 3.23. The summed E-state index contributed by atoms with van der Waals surface area (Å²) in [6.45, 7) is 4.40. The van der Waals surface area contributed by atoms with Gasteiger partial charge in [0.25, 0.3) is 0 Å². The SMILES string of the molecule is C/C=C\C/C=C\C/C=C\CCCCCCCCC(=O)OCC. The number of ether oxygens (including phenoxy) is 1. The average molecular weight is 306 g/mol. The maximum atomic E-state index is 11.1. The second-order valence-corrected chi connectivity index (χ2v) is 5.45. The predicted octanol–water partition coefficient (Wildman–Crippen LogP) is 6.14. The van der Waals surface area contributed by atoms with E-state index in [4.69, 9.17) is 4.74 Å². The van der Waals surface area contributed by atoms with Crippen LogP contribution in [0.1, 0.15) is 78.1 Å². The predicted molar refractivity (Wildman–Crippen MR) is 95.9 cm³/mol. The monoisotopic (exact) mass is 306 g/mol. The van der Waals surface area contributed by atoms with E-state index in [0.717, 1.165) is 25.7 Å². The molecule has 0 unspecified atom stereocenters. The van der Waals surface area contributed by atoms with Gasteiger partial charge in [-0.1, -0.05) is 62.1 Å². The van der Waals surface area contributed by atoms with Crippen molar-refractivity contribution in [1.29, 1.82) is 0 Å². The number of rotatable bonds is 14. The number of allylic oxidation sites excluding steroid dienone is 6. The molecule has 0 aromatic carbocycles. The molecule has 0 N–H and O–H groups in total. The molecule has 0 spiro atoms. The molecule has 0 amide bonds. The lowest BCUT2D eigenvalue weighted by Gasteiger charge is -2.02. The van der Waals surface area contributed by atoms with Gasteiger partial charge in [-0.2, -0.15) is 0 Å². The van der Waals surface area contributed by atoms with Gasteiger partial charge < -0.3 is 4.74 Å². The number of esters is 1. The molecule has 0 fully saturated rings. The van der Waals surface area contributed by atoms with Gasteiger partial charge in [-0.15, -0.1) is 0 Å². The highest BCUT2D eigenvalue weighted by Crippen LogP contribution is 2.09. The van der Waals surface area contributed by atoms with E-state index in [2.05, 4.69) is 36.5 Å². The average Bonchev–Trinajstić information content (AvgIpc) is 2.51. The van der Waals surface area contributed by atoms with Crippen molar-refractivity contribution < 1.29 is 9.53 Å². The van der Waals surface area contributed by atoms with E-state index in [9.17, 15) is 4.79 Å². The third-order valence-electron chi connectivity index (χ3n) is 3.42. The largest absolute Gasteiger partial charge is 0.466 e. The number of carbonyl (C=O) groups excluding carboxylic acids is 1. The minimum atomic E-state index is -0.0487. The first-order valence-electron chi connectivity index (χ1n) is 8.88. The minimum Gasteiger partial charge on any atom is -0.466 e. The number of hydrogen-bond acceptors (Lipinski definition) is 2. The third-order valence-corrected chi connectivity index (χ3v) is 3.42. The summed E-state index contributed by atoms with van der Waals surface area (Å²) in [4.78, 5) is 11.1. The van der Waals surface area contributed by atoms with Crippen LogP contribution in [0.3, 0.4) is 0 Å². The molecule has 0 atom stereocenters. The number of carbonyl (C=O) groups is 1. The Morgan fingerprint density at radius 3 is 2.09 bits per heavy atom. The van der Waals surface area contributed by atoms with Crippen LogP contribution in [0.15, 0.2) is 36.5 Å². The second kappa shape index (κ2) is 17.7. The second-order valence-electron chi connectivity index (χ2n) is 5.45. The number of hydrogen-bond donors (Lipinski definition) is 0. The van der Waals surface area contributed by atoms with Crippen molar-refractivity contribution in [3.8, 4) is 0 Å². The standard InChI is InChI=1S/C20H34O2/c1-3-5-6-7-8-9-10-11-12-13-14-15-16-17-18-19-20(21)22-4-2/h3,5,7-8,10-11H,4,6,9,12-19H2,1-2H3/b5-3-,8-7-,11-10-. The Kier molecular flexibility index (Phi) is 16.7. The van der Waals surface area contributed by atoms with Crippen LogP contribution in [0.25, 0.3) is 0 Å². The van der Waals surface area contributed by atoms with Gasteiger partial charge in [0.15, 0.2) is 0 Å². The van der Waals surface area contributed by atoms with E-state index >= 15 is 0 Å². The Morgan fingerprint density at radius 2 is 1.41 bits per heavy atom. The van der Waals surface area contributed by atoms with E-state index in [1.807, 2.05) is 13.8 Å². The fourth-order valence-corrected chi connectivity index (χ4v) is 2.17. The molecule has 2 heteroatoms. The molecule has 0 aliphatic heterocycles. The molecule has 126 valence electrons. The summed E-state index contributed by atoms with van der Waals surface area (Å²) >= 11 is 0. The summed E-state index contributed by atoms with van der Waals surface area (Å²) < 4.78 is 4.91. The highest BCUT2D eigenvalue weighted by Gasteiger charge is 2.00. The van der Waals surface area contributed by atoms with Crippen LogP contribution in [-0.4, -0.2) is 12.6 Å². The van der Waals surface area contributed by atoms with Gasteiger partial charge in [-0.05, 0) is 46.0 Å². The molecule has 0 rings (SSSR count). The molecule has 0 heterocycles. The fraction of sp³-hybridized carbons (Fsp3) is 0.650. The van der Waals surface area contributed by atoms with Crippen LogP contribution in [0, 0.1) is 0 Å². The fourth-order valence-electron chi connectivity index (χ4n) is 2.17. The molecule has 0 aliphatic carbocycles. The molecule has 0 radical (unpaired) electrons. The lowest BCUT2D eigenvalue weighted by atomic mass is 10.1. The molecule has 0 aliphatic rings. The molecule has 0 bridgehead atoms. The van der Waals surface area contributed by atoms with E-state index in [-0.39, 0.29) is 5.97 Å². The quantitative estimate of drug-likeness (QED) is 0.219. The summed E-state index contributed by atoms with van der Waals surface area (Å²) in [7, 11) is 0. The first-order chi connectivity index (χ1) is 10.8. The highest BCUT2D eigenvalue weighted by atomic mass is 16.5. The molecule has 0 saturated carbocycles. The first-order valence-corrected chi connectivity index (χ1v) is 8.88. The van der Waals surface area contributed by atoms with Crippen LogP contribution in [0.5, 0.6) is 0 Å². The maximum Gasteiger partial charge on any atom is 0.305 e. The summed E-state index contributed by atoms with van der Waals surface area (Å²) in [5, 5.41) is 0. The van der Waals surface area contributed by atoms with Gasteiger partial charge in [0.2, 0.25) is 0 Å². The van der Waals surface area contributed by atoms with Crippen molar-refractivity contribution >= 4 is 5.97 Å². The van der Waals surface area contributed by atoms with Crippen molar-refractivity contribution in [1.82, 2.24) is 0 Å². The smallest absolute Gasteiger partial charge is 0.305 e. The minimum absolute atomic E-state index is 0.0487. The van der Waals surface area contributed by atoms with Crippen molar-refractivity contribution in [2.45, 2.75) is 78.1 Å². The first kappa shape index (κ1) is 20.7. The number of unbranched alkanes of at least 4 members (excludes halogenated alkanes) is 6. The van der Waals surface area contributed by atoms with Gasteiger partial charge in [-0.25, -0.2) is 0 Å². The van der Waals surface area contributed by atoms with E-state index in [1.165, 1.54) is 32.1 Å². The topological polar surface area (TPSA) is 26.3 Å². The Morgan fingerprint density at radius 1 is 0.818 bits per heavy atom. The molecular weight excluding hydrogens is 272 g/mol. The van der Waals surface area contributed by atoms with Crippen LogP contribution < -0.4 is 0 Å². The van der Waals surface area contributed by atoms with Crippen molar-refractivity contribution in [2.24, 2.45) is 0 Å².